The molecule has 0 saturated carbocycles. The van der Waals surface area contributed by atoms with E-state index in [0.29, 0.717) is 19.3 Å². The van der Waals surface area contributed by atoms with Gasteiger partial charge in [0.2, 0.25) is 0 Å². The molecule has 0 amide bonds. The lowest BCUT2D eigenvalue weighted by atomic mass is 10.1. The van der Waals surface area contributed by atoms with Crippen LogP contribution in [0.3, 0.4) is 0 Å². The van der Waals surface area contributed by atoms with Gasteiger partial charge in [-0.15, -0.1) is 0 Å². The Morgan fingerprint density at radius 3 is 1.91 bits per heavy atom. The minimum atomic E-state index is 0.385. The summed E-state index contributed by atoms with van der Waals surface area (Å²) in [6.45, 7) is 8.78. The van der Waals surface area contributed by atoms with Gasteiger partial charge in [-0.25, -0.2) is 0 Å². The van der Waals surface area contributed by atoms with Gasteiger partial charge >= 0.3 is 0 Å². The molecule has 0 saturated heterocycles. The van der Waals surface area contributed by atoms with Crippen molar-refractivity contribution in [2.75, 3.05) is 39.6 Å². The van der Waals surface area contributed by atoms with E-state index in [9.17, 15) is 0 Å². The quantitative estimate of drug-likeness (QED) is 0.358. The third-order valence-corrected chi connectivity index (χ3v) is 3.89. The predicted octanol–water partition coefficient (Wildman–Crippen LogP) is 4.30. The molecular formula is C19H41NO3. The molecular weight excluding hydrogens is 290 g/mol. The van der Waals surface area contributed by atoms with Gasteiger partial charge in [0.1, 0.15) is 0 Å². The molecule has 0 spiro atoms. The topological polar surface area (TPSA) is 53.7 Å². The first-order valence-electron chi connectivity index (χ1n) is 9.78. The molecule has 0 rings (SSSR count). The Kier molecular flexibility index (Phi) is 19.7. The fraction of sp³-hybridized carbons (Fsp3) is 1.00. The van der Waals surface area contributed by atoms with Crippen LogP contribution in [0.2, 0.25) is 0 Å². The highest BCUT2D eigenvalue weighted by atomic mass is 16.5. The van der Waals surface area contributed by atoms with Gasteiger partial charge in [0.25, 0.3) is 0 Å². The van der Waals surface area contributed by atoms with Gasteiger partial charge in [-0.2, -0.15) is 0 Å². The third kappa shape index (κ3) is 19.8. The lowest BCUT2D eigenvalue weighted by Crippen LogP contribution is -2.12. The lowest BCUT2D eigenvalue weighted by Gasteiger charge is -2.13. The molecule has 1 atom stereocenters. The average molecular weight is 332 g/mol. The molecule has 0 aromatic carbocycles. The second-order valence-electron chi connectivity index (χ2n) is 6.31. The predicted molar refractivity (Wildman–Crippen MR) is 98.0 cm³/mol. The number of nitrogens with two attached hydrogens (primary N) is 1. The smallest absolute Gasteiger partial charge is 0.0588 e. The van der Waals surface area contributed by atoms with Crippen molar-refractivity contribution >= 4 is 0 Å². The zero-order chi connectivity index (χ0) is 17.0. The molecule has 0 aromatic heterocycles. The summed E-state index contributed by atoms with van der Waals surface area (Å²) in [4.78, 5) is 0. The Bertz CT molecular complexity index is 215. The zero-order valence-electron chi connectivity index (χ0n) is 15.7. The van der Waals surface area contributed by atoms with Crippen LogP contribution in [0, 0.1) is 0 Å². The molecule has 0 aromatic rings. The Balaban J connectivity index is 3.11. The highest BCUT2D eigenvalue weighted by Gasteiger charge is 2.02. The molecule has 1 unspecified atom stereocenters. The largest absolute Gasteiger partial charge is 0.381 e. The molecule has 0 aliphatic rings. The number of rotatable bonds is 19. The van der Waals surface area contributed by atoms with Crippen LogP contribution in [-0.4, -0.2) is 45.7 Å². The number of unbranched alkanes of at least 4 members (excludes halogenated alkanes) is 6. The molecule has 2 N–H and O–H groups in total. The minimum Gasteiger partial charge on any atom is -0.381 e. The zero-order valence-corrected chi connectivity index (χ0v) is 15.7. The van der Waals surface area contributed by atoms with Gasteiger partial charge in [-0.3, -0.25) is 0 Å². The standard InChI is InChI=1S/C19H41NO3/c1-3-4-5-6-7-8-9-12-19(2)23-17-11-16-21-14-10-15-22-18-13-20/h19H,3-18,20H2,1-2H3. The van der Waals surface area contributed by atoms with Crippen LogP contribution < -0.4 is 5.73 Å². The highest BCUT2D eigenvalue weighted by molar-refractivity contribution is 4.53. The molecule has 4 nitrogen and oxygen atoms in total. The fourth-order valence-corrected chi connectivity index (χ4v) is 2.47. The summed E-state index contributed by atoms with van der Waals surface area (Å²) in [6, 6.07) is 0. The fourth-order valence-electron chi connectivity index (χ4n) is 2.47. The van der Waals surface area contributed by atoms with Crippen molar-refractivity contribution in [3.63, 3.8) is 0 Å². The van der Waals surface area contributed by atoms with E-state index in [1.807, 2.05) is 0 Å². The van der Waals surface area contributed by atoms with E-state index < -0.39 is 0 Å². The molecule has 4 heteroatoms. The van der Waals surface area contributed by atoms with Gasteiger partial charge < -0.3 is 19.9 Å². The van der Waals surface area contributed by atoms with Crippen molar-refractivity contribution in [2.24, 2.45) is 5.73 Å². The summed E-state index contributed by atoms with van der Waals surface area (Å²) >= 11 is 0. The number of hydrogen-bond acceptors (Lipinski definition) is 4. The molecule has 0 radical (unpaired) electrons. The average Bonchev–Trinajstić information content (AvgIpc) is 2.55. The van der Waals surface area contributed by atoms with Crippen LogP contribution in [0.4, 0.5) is 0 Å². The van der Waals surface area contributed by atoms with E-state index in [1.165, 1.54) is 51.4 Å². The van der Waals surface area contributed by atoms with Crippen LogP contribution in [-0.2, 0) is 14.2 Å². The summed E-state index contributed by atoms with van der Waals surface area (Å²) < 4.78 is 16.7. The maximum Gasteiger partial charge on any atom is 0.0588 e. The van der Waals surface area contributed by atoms with Gasteiger partial charge in [-0.1, -0.05) is 51.9 Å². The normalized spacial score (nSPS) is 12.7. The Morgan fingerprint density at radius 1 is 0.696 bits per heavy atom. The van der Waals surface area contributed by atoms with Crippen molar-refractivity contribution in [3.05, 3.63) is 0 Å². The SMILES string of the molecule is CCCCCCCCCC(C)OCCCOCCCOCCN. The van der Waals surface area contributed by atoms with Gasteiger partial charge in [0.05, 0.1) is 12.7 Å². The summed E-state index contributed by atoms with van der Waals surface area (Å²) in [5, 5.41) is 0. The Morgan fingerprint density at radius 2 is 1.26 bits per heavy atom. The van der Waals surface area contributed by atoms with Crippen LogP contribution in [0.15, 0.2) is 0 Å². The van der Waals surface area contributed by atoms with E-state index >= 15 is 0 Å². The summed E-state index contributed by atoms with van der Waals surface area (Å²) in [5.74, 6) is 0. The van der Waals surface area contributed by atoms with Crippen LogP contribution in [0.5, 0.6) is 0 Å². The van der Waals surface area contributed by atoms with Crippen LogP contribution in [0.1, 0.15) is 78.1 Å². The molecule has 0 aliphatic carbocycles. The first-order valence-corrected chi connectivity index (χ1v) is 9.78. The van der Waals surface area contributed by atoms with E-state index in [0.717, 1.165) is 39.3 Å². The number of ether oxygens (including phenoxy) is 3. The minimum absolute atomic E-state index is 0.385. The molecule has 0 fully saturated rings. The molecule has 0 heterocycles. The second-order valence-corrected chi connectivity index (χ2v) is 6.31. The first kappa shape index (κ1) is 22.8. The van der Waals surface area contributed by atoms with Crippen LogP contribution >= 0.6 is 0 Å². The van der Waals surface area contributed by atoms with Crippen molar-refractivity contribution < 1.29 is 14.2 Å². The Hall–Kier alpha value is -0.160. The summed E-state index contributed by atoms with van der Waals surface area (Å²) in [7, 11) is 0. The third-order valence-electron chi connectivity index (χ3n) is 3.89. The van der Waals surface area contributed by atoms with Crippen molar-refractivity contribution in [2.45, 2.75) is 84.2 Å². The maximum atomic E-state index is 5.83. The molecule has 140 valence electrons. The monoisotopic (exact) mass is 331 g/mol. The van der Waals surface area contributed by atoms with Gasteiger partial charge in [0, 0.05) is 33.0 Å². The van der Waals surface area contributed by atoms with Crippen molar-refractivity contribution in [1.82, 2.24) is 0 Å². The van der Waals surface area contributed by atoms with Crippen molar-refractivity contribution in [3.8, 4) is 0 Å². The van der Waals surface area contributed by atoms with Gasteiger partial charge in [-0.05, 0) is 26.2 Å². The van der Waals surface area contributed by atoms with Crippen molar-refractivity contribution in [1.29, 1.82) is 0 Å². The van der Waals surface area contributed by atoms with Gasteiger partial charge in [0.15, 0.2) is 0 Å². The maximum absolute atomic E-state index is 5.83. The van der Waals surface area contributed by atoms with Crippen LogP contribution in [0.25, 0.3) is 0 Å². The number of hydrogen-bond donors (Lipinski definition) is 1. The molecule has 23 heavy (non-hydrogen) atoms. The van der Waals surface area contributed by atoms with E-state index in [4.69, 9.17) is 19.9 Å². The summed E-state index contributed by atoms with van der Waals surface area (Å²) in [6.07, 6.45) is 13.1. The summed E-state index contributed by atoms with van der Waals surface area (Å²) in [5.41, 5.74) is 5.34. The first-order chi connectivity index (χ1) is 11.3. The lowest BCUT2D eigenvalue weighted by molar-refractivity contribution is 0.0328. The highest BCUT2D eigenvalue weighted by Crippen LogP contribution is 2.11. The molecule has 0 bridgehead atoms. The second kappa shape index (κ2) is 19.9. The molecule has 0 aliphatic heterocycles. The van der Waals surface area contributed by atoms with E-state index in [-0.39, 0.29) is 0 Å². The van der Waals surface area contributed by atoms with E-state index in [1.54, 1.807) is 0 Å². The van der Waals surface area contributed by atoms with E-state index in [2.05, 4.69) is 13.8 Å². The Labute approximate surface area is 144 Å².